The minimum Gasteiger partial charge on any atom is -0.293 e. The number of carbonyl (C=O) groups excluding carboxylic acids is 1. The van der Waals surface area contributed by atoms with Crippen LogP contribution in [0.15, 0.2) is 6.07 Å². The van der Waals surface area contributed by atoms with Gasteiger partial charge in [-0.2, -0.15) is 11.8 Å². The number of thiophene rings is 1. The second-order valence-corrected chi connectivity index (χ2v) is 6.95. The average molecular weight is 252 g/mol. The molecule has 1 saturated carbocycles. The van der Waals surface area contributed by atoms with Crippen LogP contribution < -0.4 is 0 Å². The monoisotopic (exact) mass is 252 g/mol. The molecule has 1 aliphatic carbocycles. The summed E-state index contributed by atoms with van der Waals surface area (Å²) in [5.41, 5.74) is 1.43. The Morgan fingerprint density at radius 2 is 2.12 bits per heavy atom. The van der Waals surface area contributed by atoms with Gasteiger partial charge in [0.25, 0.3) is 0 Å². The van der Waals surface area contributed by atoms with Crippen molar-refractivity contribution in [3.05, 3.63) is 21.4 Å². The molecule has 0 saturated heterocycles. The highest BCUT2D eigenvalue weighted by Gasteiger charge is 2.26. The number of aryl methyl sites for hydroxylation is 1. The maximum absolute atomic E-state index is 12.3. The fourth-order valence-electron chi connectivity index (χ4n) is 2.66. The summed E-state index contributed by atoms with van der Waals surface area (Å²) in [4.78, 5) is 14.8. The summed E-state index contributed by atoms with van der Waals surface area (Å²) in [6.45, 7) is 0. The normalized spacial score (nSPS) is 21.0. The molecule has 86 valence electrons. The van der Waals surface area contributed by atoms with Gasteiger partial charge in [0.1, 0.15) is 0 Å². The number of rotatable bonds is 2. The van der Waals surface area contributed by atoms with Crippen molar-refractivity contribution in [2.45, 2.75) is 37.9 Å². The van der Waals surface area contributed by atoms with Gasteiger partial charge in [-0.3, -0.25) is 4.79 Å². The zero-order valence-corrected chi connectivity index (χ0v) is 11.0. The molecule has 0 atom stereocenters. The van der Waals surface area contributed by atoms with Crippen LogP contribution in [0.1, 0.15) is 45.8 Å². The minimum atomic E-state index is 0.341. The second-order valence-electron chi connectivity index (χ2n) is 4.71. The first-order chi connectivity index (χ1) is 7.84. The summed E-state index contributed by atoms with van der Waals surface area (Å²) in [7, 11) is 0. The zero-order chi connectivity index (χ0) is 11.0. The lowest BCUT2D eigenvalue weighted by Gasteiger charge is -2.08. The first kappa shape index (κ1) is 10.8. The number of carbonyl (C=O) groups is 1. The summed E-state index contributed by atoms with van der Waals surface area (Å²) in [5, 5.41) is 0. The van der Waals surface area contributed by atoms with Crippen molar-refractivity contribution >= 4 is 28.9 Å². The fraction of sp³-hybridized carbons (Fsp3) is 0.615. The molecule has 1 aliphatic heterocycles. The lowest BCUT2D eigenvalue weighted by atomic mass is 10.0. The van der Waals surface area contributed by atoms with E-state index in [4.69, 9.17) is 0 Å². The Labute approximate surface area is 105 Å². The summed E-state index contributed by atoms with van der Waals surface area (Å²) in [6.07, 6.45) is 5.91. The molecule has 0 aromatic carbocycles. The van der Waals surface area contributed by atoms with E-state index in [0.717, 1.165) is 23.5 Å². The van der Waals surface area contributed by atoms with E-state index in [1.165, 1.54) is 35.5 Å². The fourth-order valence-corrected chi connectivity index (χ4v) is 5.05. The number of hydrogen-bond donors (Lipinski definition) is 0. The number of Topliss-reactive ketones (excluding diaryl/α,β-unsaturated/α-hetero) is 1. The Balaban J connectivity index is 1.83. The van der Waals surface area contributed by atoms with Crippen molar-refractivity contribution < 1.29 is 4.79 Å². The van der Waals surface area contributed by atoms with Gasteiger partial charge in [0.15, 0.2) is 5.78 Å². The van der Waals surface area contributed by atoms with E-state index < -0.39 is 0 Å². The maximum atomic E-state index is 12.3. The van der Waals surface area contributed by atoms with Crippen molar-refractivity contribution in [2.24, 2.45) is 5.92 Å². The SMILES string of the molecule is O=C(c1cc2c(s1)CCSC2)C1CCCC1. The molecule has 1 fully saturated rings. The first-order valence-electron chi connectivity index (χ1n) is 6.08. The number of ketones is 1. The van der Waals surface area contributed by atoms with Crippen LogP contribution in [0.4, 0.5) is 0 Å². The molecule has 3 rings (SSSR count). The van der Waals surface area contributed by atoms with Gasteiger partial charge in [0.05, 0.1) is 4.88 Å². The highest BCUT2D eigenvalue weighted by Crippen LogP contribution is 2.35. The smallest absolute Gasteiger partial charge is 0.175 e. The molecule has 2 heterocycles. The Morgan fingerprint density at radius 1 is 1.31 bits per heavy atom. The van der Waals surface area contributed by atoms with E-state index >= 15 is 0 Å². The summed E-state index contributed by atoms with van der Waals surface area (Å²) in [6, 6.07) is 2.17. The van der Waals surface area contributed by atoms with E-state index in [1.807, 2.05) is 11.8 Å². The molecule has 0 spiro atoms. The van der Waals surface area contributed by atoms with E-state index in [9.17, 15) is 4.79 Å². The Bertz CT molecular complexity index is 379. The molecule has 3 heteroatoms. The van der Waals surface area contributed by atoms with Crippen molar-refractivity contribution in [1.82, 2.24) is 0 Å². The van der Waals surface area contributed by atoms with Crippen LogP contribution in [0.5, 0.6) is 0 Å². The molecule has 0 radical (unpaired) electrons. The third kappa shape index (κ3) is 1.95. The van der Waals surface area contributed by atoms with E-state index in [1.54, 1.807) is 11.3 Å². The van der Waals surface area contributed by atoms with Gasteiger partial charge in [-0.25, -0.2) is 0 Å². The maximum Gasteiger partial charge on any atom is 0.175 e. The lowest BCUT2D eigenvalue weighted by molar-refractivity contribution is 0.0927. The molecule has 1 aromatic rings. The van der Waals surface area contributed by atoms with Crippen LogP contribution in [0, 0.1) is 5.92 Å². The highest BCUT2D eigenvalue weighted by atomic mass is 32.2. The Morgan fingerprint density at radius 3 is 2.88 bits per heavy atom. The van der Waals surface area contributed by atoms with Gasteiger partial charge in [-0.15, -0.1) is 11.3 Å². The third-order valence-electron chi connectivity index (χ3n) is 3.60. The van der Waals surface area contributed by atoms with E-state index in [0.29, 0.717) is 11.7 Å². The molecule has 2 aliphatic rings. The van der Waals surface area contributed by atoms with Gasteiger partial charge in [0, 0.05) is 16.5 Å². The molecule has 1 aromatic heterocycles. The van der Waals surface area contributed by atoms with Crippen LogP contribution in [0.25, 0.3) is 0 Å². The topological polar surface area (TPSA) is 17.1 Å². The van der Waals surface area contributed by atoms with Crippen LogP contribution in [-0.4, -0.2) is 11.5 Å². The lowest BCUT2D eigenvalue weighted by Crippen LogP contribution is -2.08. The van der Waals surface area contributed by atoms with Crippen molar-refractivity contribution in [3.8, 4) is 0 Å². The van der Waals surface area contributed by atoms with Gasteiger partial charge >= 0.3 is 0 Å². The average Bonchev–Trinajstić information content (AvgIpc) is 2.97. The molecular weight excluding hydrogens is 236 g/mol. The standard InChI is InChI=1S/C13H16OS2/c14-13(9-3-1-2-4-9)12-7-10-8-15-6-5-11(10)16-12/h7,9H,1-6,8H2. The summed E-state index contributed by atoms with van der Waals surface area (Å²) < 4.78 is 0. The summed E-state index contributed by atoms with van der Waals surface area (Å²) >= 11 is 3.76. The van der Waals surface area contributed by atoms with Gasteiger partial charge in [-0.1, -0.05) is 12.8 Å². The number of fused-ring (bicyclic) bond motifs is 1. The van der Waals surface area contributed by atoms with Gasteiger partial charge < -0.3 is 0 Å². The van der Waals surface area contributed by atoms with Gasteiger partial charge in [0.2, 0.25) is 0 Å². The molecule has 0 unspecified atom stereocenters. The molecular formula is C13H16OS2. The van der Waals surface area contributed by atoms with E-state index in [2.05, 4.69) is 6.07 Å². The van der Waals surface area contributed by atoms with Crippen molar-refractivity contribution in [3.63, 3.8) is 0 Å². The predicted molar refractivity (Wildman–Crippen MR) is 70.5 cm³/mol. The van der Waals surface area contributed by atoms with Gasteiger partial charge in [-0.05, 0) is 36.6 Å². The number of thioether (sulfide) groups is 1. The molecule has 0 N–H and O–H groups in total. The van der Waals surface area contributed by atoms with Crippen LogP contribution >= 0.6 is 23.1 Å². The quantitative estimate of drug-likeness (QED) is 0.742. The third-order valence-corrected chi connectivity index (χ3v) is 5.86. The molecule has 0 bridgehead atoms. The largest absolute Gasteiger partial charge is 0.293 e. The molecule has 16 heavy (non-hydrogen) atoms. The van der Waals surface area contributed by atoms with Crippen molar-refractivity contribution in [1.29, 1.82) is 0 Å². The minimum absolute atomic E-state index is 0.341. The number of hydrogen-bond acceptors (Lipinski definition) is 3. The summed E-state index contributed by atoms with van der Waals surface area (Å²) in [5.74, 6) is 3.11. The van der Waals surface area contributed by atoms with Crippen LogP contribution in [0.2, 0.25) is 0 Å². The zero-order valence-electron chi connectivity index (χ0n) is 9.33. The van der Waals surface area contributed by atoms with Crippen LogP contribution in [0.3, 0.4) is 0 Å². The Kier molecular flexibility index (Phi) is 3.07. The second kappa shape index (κ2) is 4.53. The van der Waals surface area contributed by atoms with Crippen molar-refractivity contribution in [2.75, 3.05) is 5.75 Å². The highest BCUT2D eigenvalue weighted by molar-refractivity contribution is 7.98. The molecule has 0 amide bonds. The Hall–Kier alpha value is -0.280. The van der Waals surface area contributed by atoms with Crippen LogP contribution in [-0.2, 0) is 12.2 Å². The predicted octanol–water partition coefficient (Wildman–Crippen LogP) is 3.91. The first-order valence-corrected chi connectivity index (χ1v) is 8.05. The van der Waals surface area contributed by atoms with E-state index in [-0.39, 0.29) is 0 Å². The molecule has 1 nitrogen and oxygen atoms in total.